The van der Waals surface area contributed by atoms with Crippen molar-refractivity contribution < 1.29 is 4.74 Å². The van der Waals surface area contributed by atoms with Crippen LogP contribution in [-0.2, 0) is 0 Å². The maximum absolute atomic E-state index is 5.09. The Balaban J connectivity index is 2.33. The highest BCUT2D eigenvalue weighted by Crippen LogP contribution is 2.14. The second-order valence-electron chi connectivity index (χ2n) is 3.12. The molecule has 0 spiro atoms. The van der Waals surface area contributed by atoms with Gasteiger partial charge in [0, 0.05) is 11.9 Å². The van der Waals surface area contributed by atoms with E-state index in [2.05, 4.69) is 4.98 Å². The van der Waals surface area contributed by atoms with E-state index < -0.39 is 0 Å². The molecule has 0 atom stereocenters. The molecule has 0 aliphatic carbocycles. The van der Waals surface area contributed by atoms with Gasteiger partial charge in [-0.25, -0.2) is 4.98 Å². The summed E-state index contributed by atoms with van der Waals surface area (Å²) in [6, 6.07) is 7.87. The first-order chi connectivity index (χ1) is 6.79. The number of nitrogens with zero attached hydrogens (tertiary/aromatic N) is 2. The second kappa shape index (κ2) is 3.54. The number of imidazole rings is 1. The Hall–Kier alpha value is -1.77. The molecule has 0 aliphatic heterocycles. The largest absolute Gasteiger partial charge is 0.497 e. The van der Waals surface area contributed by atoms with Crippen molar-refractivity contribution in [1.29, 1.82) is 0 Å². The zero-order chi connectivity index (χ0) is 9.97. The molecule has 0 saturated heterocycles. The monoisotopic (exact) mass is 188 g/mol. The third kappa shape index (κ3) is 1.62. The fourth-order valence-corrected chi connectivity index (χ4v) is 1.32. The van der Waals surface area contributed by atoms with Crippen LogP contribution in [0.1, 0.15) is 5.69 Å². The molecule has 3 heteroatoms. The van der Waals surface area contributed by atoms with Gasteiger partial charge in [-0.05, 0) is 31.2 Å². The zero-order valence-electron chi connectivity index (χ0n) is 8.27. The molecule has 1 aromatic carbocycles. The summed E-state index contributed by atoms with van der Waals surface area (Å²) >= 11 is 0. The fourth-order valence-electron chi connectivity index (χ4n) is 1.32. The number of aromatic nitrogens is 2. The summed E-state index contributed by atoms with van der Waals surface area (Å²) in [5.74, 6) is 0.866. The summed E-state index contributed by atoms with van der Waals surface area (Å²) in [6.45, 7) is 1.97. The van der Waals surface area contributed by atoms with Gasteiger partial charge in [0.1, 0.15) is 5.75 Å². The van der Waals surface area contributed by atoms with Crippen LogP contribution in [0, 0.1) is 6.92 Å². The topological polar surface area (TPSA) is 27.1 Å². The number of aryl methyl sites for hydroxylation is 1. The van der Waals surface area contributed by atoms with Gasteiger partial charge in [-0.15, -0.1) is 0 Å². The minimum absolute atomic E-state index is 0.866. The van der Waals surface area contributed by atoms with Crippen LogP contribution in [0.25, 0.3) is 5.69 Å². The molecule has 2 rings (SSSR count). The molecule has 0 fully saturated rings. The Morgan fingerprint density at radius 1 is 1.21 bits per heavy atom. The molecule has 72 valence electrons. The van der Waals surface area contributed by atoms with Gasteiger partial charge in [-0.3, -0.25) is 0 Å². The van der Waals surface area contributed by atoms with E-state index >= 15 is 0 Å². The number of methoxy groups -OCH3 is 1. The first-order valence-electron chi connectivity index (χ1n) is 4.44. The molecule has 0 radical (unpaired) electrons. The predicted molar refractivity (Wildman–Crippen MR) is 54.9 cm³/mol. The lowest BCUT2D eigenvalue weighted by atomic mass is 10.3. The molecule has 3 nitrogen and oxygen atoms in total. The SMILES string of the molecule is COc1ccc(-n2cnc(C)c2)cc1. The smallest absolute Gasteiger partial charge is 0.119 e. The molecule has 0 aliphatic rings. The van der Waals surface area contributed by atoms with Crippen LogP contribution < -0.4 is 4.74 Å². The lowest BCUT2D eigenvalue weighted by molar-refractivity contribution is 0.415. The Labute approximate surface area is 83.0 Å². The first kappa shape index (κ1) is 8.81. The highest BCUT2D eigenvalue weighted by Gasteiger charge is 1.97. The molecule has 2 aromatic rings. The van der Waals surface area contributed by atoms with Crippen molar-refractivity contribution in [3.63, 3.8) is 0 Å². The molecular formula is C11H12N2O. The Bertz CT molecular complexity index is 417. The number of rotatable bonds is 2. The van der Waals surface area contributed by atoms with Crippen LogP contribution >= 0.6 is 0 Å². The first-order valence-corrected chi connectivity index (χ1v) is 4.44. The van der Waals surface area contributed by atoms with Crippen molar-refractivity contribution in [2.45, 2.75) is 6.92 Å². The van der Waals surface area contributed by atoms with Crippen LogP contribution in [0.4, 0.5) is 0 Å². The van der Waals surface area contributed by atoms with Crippen LogP contribution in [0.15, 0.2) is 36.8 Å². The minimum atomic E-state index is 0.866. The van der Waals surface area contributed by atoms with Crippen LogP contribution in [0.2, 0.25) is 0 Å². The van der Waals surface area contributed by atoms with E-state index in [0.717, 1.165) is 17.1 Å². The second-order valence-corrected chi connectivity index (χ2v) is 3.12. The van der Waals surface area contributed by atoms with Crippen molar-refractivity contribution in [3.05, 3.63) is 42.5 Å². The number of hydrogen-bond donors (Lipinski definition) is 0. The van der Waals surface area contributed by atoms with Gasteiger partial charge in [-0.1, -0.05) is 0 Å². The van der Waals surface area contributed by atoms with Gasteiger partial charge in [-0.2, -0.15) is 0 Å². The van der Waals surface area contributed by atoms with E-state index in [-0.39, 0.29) is 0 Å². The quantitative estimate of drug-likeness (QED) is 0.722. The van der Waals surface area contributed by atoms with Gasteiger partial charge in [0.2, 0.25) is 0 Å². The maximum atomic E-state index is 5.09. The molecular weight excluding hydrogens is 176 g/mol. The van der Waals surface area contributed by atoms with Crippen LogP contribution in [0.3, 0.4) is 0 Å². The number of ether oxygens (including phenoxy) is 1. The lowest BCUT2D eigenvalue weighted by Crippen LogP contribution is -1.89. The Kier molecular flexibility index (Phi) is 2.23. The Morgan fingerprint density at radius 2 is 1.93 bits per heavy atom. The average Bonchev–Trinajstić information content (AvgIpc) is 2.65. The third-order valence-corrected chi connectivity index (χ3v) is 2.08. The van der Waals surface area contributed by atoms with Crippen molar-refractivity contribution in [2.75, 3.05) is 7.11 Å². The molecule has 0 N–H and O–H groups in total. The van der Waals surface area contributed by atoms with E-state index in [1.165, 1.54) is 0 Å². The predicted octanol–water partition coefficient (Wildman–Crippen LogP) is 2.19. The summed E-state index contributed by atoms with van der Waals surface area (Å²) < 4.78 is 7.07. The van der Waals surface area contributed by atoms with Gasteiger partial charge in [0.15, 0.2) is 0 Å². The van der Waals surface area contributed by atoms with Crippen molar-refractivity contribution in [1.82, 2.24) is 9.55 Å². The van der Waals surface area contributed by atoms with E-state index in [4.69, 9.17) is 4.74 Å². The summed E-state index contributed by atoms with van der Waals surface area (Å²) in [4.78, 5) is 4.17. The molecule has 0 unspecified atom stereocenters. The molecule has 0 saturated carbocycles. The molecule has 1 aromatic heterocycles. The summed E-state index contributed by atoms with van der Waals surface area (Å²) in [6.07, 6.45) is 3.79. The summed E-state index contributed by atoms with van der Waals surface area (Å²) in [7, 11) is 1.66. The zero-order valence-corrected chi connectivity index (χ0v) is 8.27. The fraction of sp³-hybridized carbons (Fsp3) is 0.182. The molecule has 1 heterocycles. The van der Waals surface area contributed by atoms with Gasteiger partial charge >= 0.3 is 0 Å². The Morgan fingerprint density at radius 3 is 2.43 bits per heavy atom. The highest BCUT2D eigenvalue weighted by molar-refractivity contribution is 5.37. The third-order valence-electron chi connectivity index (χ3n) is 2.08. The van der Waals surface area contributed by atoms with Crippen molar-refractivity contribution >= 4 is 0 Å². The normalized spacial score (nSPS) is 10.1. The van der Waals surface area contributed by atoms with Crippen LogP contribution in [0.5, 0.6) is 5.75 Å². The van der Waals surface area contributed by atoms with E-state index in [0.29, 0.717) is 0 Å². The number of hydrogen-bond acceptors (Lipinski definition) is 2. The van der Waals surface area contributed by atoms with Crippen molar-refractivity contribution in [3.8, 4) is 11.4 Å². The van der Waals surface area contributed by atoms with Gasteiger partial charge in [0.25, 0.3) is 0 Å². The van der Waals surface area contributed by atoms with Crippen molar-refractivity contribution in [2.24, 2.45) is 0 Å². The number of benzene rings is 1. The highest BCUT2D eigenvalue weighted by atomic mass is 16.5. The average molecular weight is 188 g/mol. The summed E-state index contributed by atoms with van der Waals surface area (Å²) in [5, 5.41) is 0. The lowest BCUT2D eigenvalue weighted by Gasteiger charge is -2.03. The molecule has 0 bridgehead atoms. The van der Waals surface area contributed by atoms with Crippen LogP contribution in [-0.4, -0.2) is 16.7 Å². The maximum Gasteiger partial charge on any atom is 0.119 e. The van der Waals surface area contributed by atoms with Gasteiger partial charge < -0.3 is 9.30 Å². The minimum Gasteiger partial charge on any atom is -0.497 e. The van der Waals surface area contributed by atoms with E-state index in [9.17, 15) is 0 Å². The van der Waals surface area contributed by atoms with E-state index in [1.807, 2.05) is 42.0 Å². The molecule has 14 heavy (non-hydrogen) atoms. The van der Waals surface area contributed by atoms with Gasteiger partial charge in [0.05, 0.1) is 19.1 Å². The standard InChI is InChI=1S/C11H12N2O/c1-9-7-13(8-12-9)10-3-5-11(14-2)6-4-10/h3-8H,1-2H3. The van der Waals surface area contributed by atoms with E-state index in [1.54, 1.807) is 13.4 Å². The summed E-state index contributed by atoms with van der Waals surface area (Å²) in [5.41, 5.74) is 2.10. The molecule has 0 amide bonds.